The SMILES string of the molecule is CC(C)CCOc1ccccc1C(=O)NC(=S)Nc1cccc(C(=O)N2CCOCC2)c1. The van der Waals surface area contributed by atoms with Crippen LogP contribution in [0.15, 0.2) is 48.5 Å². The van der Waals surface area contributed by atoms with Crippen LogP contribution in [0.1, 0.15) is 41.0 Å². The third-order valence-corrected chi connectivity index (χ3v) is 5.18. The molecule has 0 bridgehead atoms. The quantitative estimate of drug-likeness (QED) is 0.620. The molecule has 3 rings (SSSR count). The Bertz CT molecular complexity index is 958. The molecular weight excluding hydrogens is 426 g/mol. The molecule has 2 aromatic carbocycles. The maximum absolute atomic E-state index is 12.8. The molecule has 2 aromatic rings. The molecule has 8 heteroatoms. The summed E-state index contributed by atoms with van der Waals surface area (Å²) in [4.78, 5) is 27.2. The average Bonchev–Trinajstić information content (AvgIpc) is 2.79. The van der Waals surface area contributed by atoms with E-state index in [2.05, 4.69) is 24.5 Å². The van der Waals surface area contributed by atoms with Gasteiger partial charge in [-0.1, -0.05) is 32.0 Å². The predicted molar refractivity (Wildman–Crippen MR) is 128 cm³/mol. The summed E-state index contributed by atoms with van der Waals surface area (Å²) in [5.74, 6) is 0.618. The zero-order valence-electron chi connectivity index (χ0n) is 18.4. The van der Waals surface area contributed by atoms with E-state index in [1.165, 1.54) is 0 Å². The number of benzene rings is 2. The van der Waals surface area contributed by atoms with Gasteiger partial charge in [0.2, 0.25) is 0 Å². The fourth-order valence-electron chi connectivity index (χ4n) is 3.20. The third-order valence-electron chi connectivity index (χ3n) is 4.98. The number of anilines is 1. The number of carbonyl (C=O) groups excluding carboxylic acids is 2. The summed E-state index contributed by atoms with van der Waals surface area (Å²) in [7, 11) is 0. The Kier molecular flexibility index (Phi) is 8.58. The summed E-state index contributed by atoms with van der Waals surface area (Å²) in [5, 5.41) is 5.81. The molecule has 1 heterocycles. The fourth-order valence-corrected chi connectivity index (χ4v) is 3.41. The largest absolute Gasteiger partial charge is 0.493 e. The highest BCUT2D eigenvalue weighted by atomic mass is 32.1. The fraction of sp³-hybridized carbons (Fsp3) is 0.375. The molecule has 0 aliphatic carbocycles. The molecule has 32 heavy (non-hydrogen) atoms. The second-order valence-corrected chi connectivity index (χ2v) is 8.33. The van der Waals surface area contributed by atoms with Gasteiger partial charge in [0.1, 0.15) is 5.75 Å². The number of nitrogens with one attached hydrogen (secondary N) is 2. The molecular formula is C24H29N3O4S. The molecule has 1 saturated heterocycles. The number of thiocarbonyl (C=S) groups is 1. The number of ether oxygens (including phenoxy) is 2. The summed E-state index contributed by atoms with van der Waals surface area (Å²) in [5.41, 5.74) is 1.59. The van der Waals surface area contributed by atoms with Crippen LogP contribution in [0, 0.1) is 5.92 Å². The van der Waals surface area contributed by atoms with Crippen molar-refractivity contribution in [3.05, 3.63) is 59.7 Å². The van der Waals surface area contributed by atoms with Gasteiger partial charge in [0.25, 0.3) is 11.8 Å². The number of hydrogen-bond donors (Lipinski definition) is 2. The van der Waals surface area contributed by atoms with Gasteiger partial charge in [-0.25, -0.2) is 0 Å². The number of nitrogens with zero attached hydrogens (tertiary/aromatic N) is 1. The Balaban J connectivity index is 1.60. The first-order valence-electron chi connectivity index (χ1n) is 10.8. The second-order valence-electron chi connectivity index (χ2n) is 7.92. The molecule has 0 spiro atoms. The molecule has 0 atom stereocenters. The Labute approximate surface area is 194 Å². The minimum atomic E-state index is -0.358. The first kappa shape index (κ1) is 23.7. The third kappa shape index (κ3) is 6.77. The van der Waals surface area contributed by atoms with Crippen LogP contribution in [0.3, 0.4) is 0 Å². The normalized spacial score (nSPS) is 13.5. The van der Waals surface area contributed by atoms with E-state index in [1.54, 1.807) is 47.4 Å². The number of hydrogen-bond acceptors (Lipinski definition) is 5. The minimum absolute atomic E-state index is 0.0561. The molecule has 0 radical (unpaired) electrons. The van der Waals surface area contributed by atoms with Crippen molar-refractivity contribution in [3.8, 4) is 5.75 Å². The number of para-hydroxylation sites is 1. The van der Waals surface area contributed by atoms with Crippen molar-refractivity contribution in [2.24, 2.45) is 5.92 Å². The average molecular weight is 456 g/mol. The second kappa shape index (κ2) is 11.6. The topological polar surface area (TPSA) is 79.9 Å². The molecule has 0 aromatic heterocycles. The van der Waals surface area contributed by atoms with Gasteiger partial charge in [0.05, 0.1) is 25.4 Å². The molecule has 2 N–H and O–H groups in total. The van der Waals surface area contributed by atoms with Crippen LogP contribution < -0.4 is 15.4 Å². The number of morpholine rings is 1. The molecule has 2 amide bonds. The lowest BCUT2D eigenvalue weighted by molar-refractivity contribution is 0.0303. The molecule has 7 nitrogen and oxygen atoms in total. The highest BCUT2D eigenvalue weighted by Gasteiger charge is 2.19. The summed E-state index contributed by atoms with van der Waals surface area (Å²) >= 11 is 5.32. The zero-order chi connectivity index (χ0) is 22.9. The van der Waals surface area contributed by atoms with Crippen LogP contribution in [-0.4, -0.2) is 54.7 Å². The molecule has 0 unspecified atom stereocenters. The van der Waals surface area contributed by atoms with Crippen molar-refractivity contribution in [3.63, 3.8) is 0 Å². The van der Waals surface area contributed by atoms with Crippen molar-refractivity contribution in [1.29, 1.82) is 0 Å². The first-order chi connectivity index (χ1) is 15.4. The number of carbonyl (C=O) groups is 2. The van der Waals surface area contributed by atoms with Gasteiger partial charge in [-0.2, -0.15) is 0 Å². The van der Waals surface area contributed by atoms with Crippen molar-refractivity contribution in [2.45, 2.75) is 20.3 Å². The molecule has 1 aliphatic rings. The van der Waals surface area contributed by atoms with Gasteiger partial charge in [0, 0.05) is 24.3 Å². The molecule has 170 valence electrons. The molecule has 0 saturated carbocycles. The van der Waals surface area contributed by atoms with Crippen LogP contribution in [0.2, 0.25) is 0 Å². The smallest absolute Gasteiger partial charge is 0.261 e. The van der Waals surface area contributed by atoms with E-state index in [0.29, 0.717) is 61.4 Å². The number of rotatable bonds is 7. The summed E-state index contributed by atoms with van der Waals surface area (Å²) < 4.78 is 11.1. The summed E-state index contributed by atoms with van der Waals surface area (Å²) in [6.07, 6.45) is 0.898. The Morgan fingerprint density at radius 2 is 1.88 bits per heavy atom. The van der Waals surface area contributed by atoms with Crippen LogP contribution in [0.4, 0.5) is 5.69 Å². The molecule has 1 fully saturated rings. The number of amides is 2. The van der Waals surface area contributed by atoms with E-state index in [4.69, 9.17) is 21.7 Å². The van der Waals surface area contributed by atoms with Gasteiger partial charge in [-0.15, -0.1) is 0 Å². The lowest BCUT2D eigenvalue weighted by atomic mass is 10.1. The van der Waals surface area contributed by atoms with Gasteiger partial charge < -0.3 is 19.7 Å². The van der Waals surface area contributed by atoms with E-state index in [0.717, 1.165) is 6.42 Å². The monoisotopic (exact) mass is 455 g/mol. The lowest BCUT2D eigenvalue weighted by Crippen LogP contribution is -2.40. The van der Waals surface area contributed by atoms with Crippen molar-refractivity contribution < 1.29 is 19.1 Å². The summed E-state index contributed by atoms with van der Waals surface area (Å²) in [6.45, 7) is 7.01. The maximum Gasteiger partial charge on any atom is 0.261 e. The van der Waals surface area contributed by atoms with Gasteiger partial charge in [-0.3, -0.25) is 14.9 Å². The van der Waals surface area contributed by atoms with Gasteiger partial charge in [-0.05, 0) is 54.9 Å². The highest BCUT2D eigenvalue weighted by Crippen LogP contribution is 2.19. The van der Waals surface area contributed by atoms with Crippen molar-refractivity contribution in [1.82, 2.24) is 10.2 Å². The zero-order valence-corrected chi connectivity index (χ0v) is 19.2. The first-order valence-corrected chi connectivity index (χ1v) is 11.2. The van der Waals surface area contributed by atoms with E-state index >= 15 is 0 Å². The standard InChI is InChI=1S/C24H29N3O4S/c1-17(2)10-13-31-21-9-4-3-8-20(21)22(28)26-24(32)25-19-7-5-6-18(16-19)23(29)27-11-14-30-15-12-27/h3-9,16-17H,10-15H2,1-2H3,(H2,25,26,28,32). The van der Waals surface area contributed by atoms with Crippen molar-refractivity contribution >= 4 is 34.8 Å². The van der Waals surface area contributed by atoms with E-state index in [9.17, 15) is 9.59 Å². The van der Waals surface area contributed by atoms with Crippen LogP contribution in [-0.2, 0) is 4.74 Å². The minimum Gasteiger partial charge on any atom is -0.493 e. The summed E-state index contributed by atoms with van der Waals surface area (Å²) in [6, 6.07) is 14.1. The lowest BCUT2D eigenvalue weighted by Gasteiger charge is -2.27. The van der Waals surface area contributed by atoms with Crippen molar-refractivity contribution in [2.75, 3.05) is 38.2 Å². The highest BCUT2D eigenvalue weighted by molar-refractivity contribution is 7.80. The Hall–Kier alpha value is -2.97. The van der Waals surface area contributed by atoms with E-state index < -0.39 is 0 Å². The van der Waals surface area contributed by atoms with Crippen LogP contribution in [0.25, 0.3) is 0 Å². The van der Waals surface area contributed by atoms with Crippen LogP contribution >= 0.6 is 12.2 Å². The predicted octanol–water partition coefficient (Wildman–Crippen LogP) is 3.71. The van der Waals surface area contributed by atoms with Crippen LogP contribution in [0.5, 0.6) is 5.75 Å². The van der Waals surface area contributed by atoms with E-state index in [1.807, 2.05) is 6.07 Å². The van der Waals surface area contributed by atoms with Gasteiger partial charge >= 0.3 is 0 Å². The molecule has 1 aliphatic heterocycles. The Morgan fingerprint density at radius 3 is 2.62 bits per heavy atom. The maximum atomic E-state index is 12.8. The Morgan fingerprint density at radius 1 is 1.12 bits per heavy atom. The van der Waals surface area contributed by atoms with Gasteiger partial charge in [0.15, 0.2) is 5.11 Å². The van der Waals surface area contributed by atoms with E-state index in [-0.39, 0.29) is 16.9 Å².